The van der Waals surface area contributed by atoms with Crippen molar-refractivity contribution in [2.45, 2.75) is 26.4 Å². The van der Waals surface area contributed by atoms with E-state index in [2.05, 4.69) is 6.08 Å². The van der Waals surface area contributed by atoms with Crippen molar-refractivity contribution in [3.63, 3.8) is 0 Å². The third kappa shape index (κ3) is 5.40. The number of halogens is 3. The van der Waals surface area contributed by atoms with Gasteiger partial charge in [-0.05, 0) is 19.9 Å². The summed E-state index contributed by atoms with van der Waals surface area (Å²) in [5, 5.41) is 0. The lowest BCUT2D eigenvalue weighted by Gasteiger charge is -2.03. The molecule has 9 heavy (non-hydrogen) atoms. The van der Waals surface area contributed by atoms with Crippen LogP contribution >= 0.6 is 0 Å². The van der Waals surface area contributed by atoms with Crippen LogP contribution in [0.1, 0.15) is 20.3 Å². The Morgan fingerprint density at radius 1 is 1.44 bits per heavy atom. The lowest BCUT2D eigenvalue weighted by atomic mass is 10.2. The molecule has 0 amide bonds. The second-order valence-electron chi connectivity index (χ2n) is 1.82. The van der Waals surface area contributed by atoms with Crippen LogP contribution in [0.5, 0.6) is 0 Å². The predicted molar refractivity (Wildman–Crippen MR) is 28.8 cm³/mol. The van der Waals surface area contributed by atoms with E-state index < -0.39 is 12.6 Å². The zero-order valence-corrected chi connectivity index (χ0v) is 5.34. The summed E-state index contributed by atoms with van der Waals surface area (Å²) < 4.78 is 34.3. The van der Waals surface area contributed by atoms with Gasteiger partial charge in [0.2, 0.25) is 0 Å². The first-order valence-corrected chi connectivity index (χ1v) is 2.52. The van der Waals surface area contributed by atoms with Gasteiger partial charge in [-0.15, -0.1) is 0 Å². The lowest BCUT2D eigenvalue weighted by molar-refractivity contribution is -0.127. The monoisotopic (exact) mass is 137 g/mol. The van der Waals surface area contributed by atoms with Crippen LogP contribution in [0, 0.1) is 6.08 Å². The highest BCUT2D eigenvalue weighted by atomic mass is 19.4. The van der Waals surface area contributed by atoms with E-state index in [1.165, 1.54) is 13.8 Å². The SMILES string of the molecule is C/[C]=C(\C)CC(F)(F)F. The van der Waals surface area contributed by atoms with Crippen LogP contribution in [0.3, 0.4) is 0 Å². The van der Waals surface area contributed by atoms with E-state index in [9.17, 15) is 13.2 Å². The number of hydrogen-bond acceptors (Lipinski definition) is 0. The Kier molecular flexibility index (Phi) is 2.74. The zero-order valence-electron chi connectivity index (χ0n) is 5.34. The number of allylic oxidation sites excluding steroid dienone is 2. The minimum Gasteiger partial charge on any atom is -0.171 e. The first-order valence-electron chi connectivity index (χ1n) is 2.52. The van der Waals surface area contributed by atoms with Crippen LogP contribution in [-0.2, 0) is 0 Å². The second kappa shape index (κ2) is 2.90. The van der Waals surface area contributed by atoms with E-state index >= 15 is 0 Å². The van der Waals surface area contributed by atoms with Gasteiger partial charge in [0.15, 0.2) is 0 Å². The Morgan fingerprint density at radius 2 is 1.89 bits per heavy atom. The Hall–Kier alpha value is -0.470. The highest BCUT2D eigenvalue weighted by Gasteiger charge is 2.26. The average molecular weight is 137 g/mol. The summed E-state index contributed by atoms with van der Waals surface area (Å²) >= 11 is 0. The number of alkyl halides is 3. The summed E-state index contributed by atoms with van der Waals surface area (Å²) in [5.41, 5.74) is 0.238. The van der Waals surface area contributed by atoms with Gasteiger partial charge in [0.1, 0.15) is 0 Å². The topological polar surface area (TPSA) is 0 Å². The van der Waals surface area contributed by atoms with Crippen LogP contribution in [0.15, 0.2) is 5.57 Å². The quantitative estimate of drug-likeness (QED) is 0.521. The first kappa shape index (κ1) is 8.53. The van der Waals surface area contributed by atoms with Gasteiger partial charge in [0.05, 0.1) is 6.42 Å². The summed E-state index contributed by atoms with van der Waals surface area (Å²) in [4.78, 5) is 0. The third-order valence-electron chi connectivity index (χ3n) is 0.892. The zero-order chi connectivity index (χ0) is 7.49. The van der Waals surface area contributed by atoms with Crippen molar-refractivity contribution < 1.29 is 13.2 Å². The standard InChI is InChI=1S/C6H8F3/c1-3-5(2)4-6(7,8)9/h4H2,1-2H3. The molecule has 0 saturated heterocycles. The molecule has 0 aliphatic heterocycles. The maximum Gasteiger partial charge on any atom is 0.392 e. The van der Waals surface area contributed by atoms with Crippen LogP contribution < -0.4 is 0 Å². The molecule has 0 N–H and O–H groups in total. The fourth-order valence-corrected chi connectivity index (χ4v) is 0.389. The summed E-state index contributed by atoms with van der Waals surface area (Å²) in [7, 11) is 0. The maximum atomic E-state index is 11.4. The van der Waals surface area contributed by atoms with Crippen LogP contribution in [0.25, 0.3) is 0 Å². The third-order valence-corrected chi connectivity index (χ3v) is 0.892. The van der Waals surface area contributed by atoms with Gasteiger partial charge in [0.25, 0.3) is 0 Å². The van der Waals surface area contributed by atoms with Crippen molar-refractivity contribution in [1.82, 2.24) is 0 Å². The molecule has 0 bridgehead atoms. The molecule has 0 saturated carbocycles. The molecule has 0 unspecified atom stereocenters. The largest absolute Gasteiger partial charge is 0.392 e. The van der Waals surface area contributed by atoms with Crippen molar-refractivity contribution in [3.8, 4) is 0 Å². The fraction of sp³-hybridized carbons (Fsp3) is 0.667. The Bertz CT molecular complexity index is 110. The van der Waals surface area contributed by atoms with Gasteiger partial charge in [-0.25, -0.2) is 0 Å². The van der Waals surface area contributed by atoms with Crippen molar-refractivity contribution in [2.75, 3.05) is 0 Å². The van der Waals surface area contributed by atoms with Crippen molar-refractivity contribution >= 4 is 0 Å². The van der Waals surface area contributed by atoms with Gasteiger partial charge in [-0.1, -0.05) is 5.57 Å². The van der Waals surface area contributed by atoms with E-state index in [1.54, 1.807) is 0 Å². The van der Waals surface area contributed by atoms with Gasteiger partial charge in [-0.3, -0.25) is 0 Å². The van der Waals surface area contributed by atoms with E-state index in [0.29, 0.717) is 0 Å². The molecule has 0 rings (SSSR count). The van der Waals surface area contributed by atoms with Crippen molar-refractivity contribution in [2.24, 2.45) is 0 Å². The Balaban J connectivity index is 3.75. The molecule has 0 fully saturated rings. The van der Waals surface area contributed by atoms with Crippen molar-refractivity contribution in [1.29, 1.82) is 0 Å². The van der Waals surface area contributed by atoms with Gasteiger partial charge in [0, 0.05) is 0 Å². The first-order chi connectivity index (χ1) is 3.95. The number of hydrogen-bond donors (Lipinski definition) is 0. The van der Waals surface area contributed by atoms with E-state index in [-0.39, 0.29) is 5.57 Å². The average Bonchev–Trinajstić information content (AvgIpc) is 1.62. The number of rotatable bonds is 1. The molecule has 0 aromatic heterocycles. The molecule has 0 aliphatic carbocycles. The molecule has 0 spiro atoms. The highest BCUT2D eigenvalue weighted by molar-refractivity contribution is 4.92. The molecule has 0 heterocycles. The molecule has 0 atom stereocenters. The summed E-state index contributed by atoms with van der Waals surface area (Å²) in [5.74, 6) is 0. The van der Waals surface area contributed by atoms with E-state index in [1.807, 2.05) is 0 Å². The smallest absolute Gasteiger partial charge is 0.171 e. The molecule has 0 aromatic carbocycles. The molecule has 1 radical (unpaired) electrons. The summed E-state index contributed by atoms with van der Waals surface area (Å²) in [6, 6.07) is 0. The van der Waals surface area contributed by atoms with Crippen LogP contribution in [0.2, 0.25) is 0 Å². The van der Waals surface area contributed by atoms with Crippen molar-refractivity contribution in [3.05, 3.63) is 11.6 Å². The molecule has 3 heteroatoms. The molecule has 0 nitrogen and oxygen atoms in total. The normalized spacial score (nSPS) is 14.1. The minimum absolute atomic E-state index is 0.238. The van der Waals surface area contributed by atoms with E-state index in [0.717, 1.165) is 0 Å². The molecular formula is C6H8F3. The molecule has 0 aromatic rings. The summed E-state index contributed by atoms with van der Waals surface area (Å²) in [6.07, 6.45) is -2.50. The van der Waals surface area contributed by atoms with Crippen LogP contribution in [0.4, 0.5) is 13.2 Å². The lowest BCUT2D eigenvalue weighted by Crippen LogP contribution is -2.06. The van der Waals surface area contributed by atoms with E-state index in [4.69, 9.17) is 0 Å². The Labute approximate surface area is 52.4 Å². The molecule has 53 valence electrons. The molecular weight excluding hydrogens is 129 g/mol. The summed E-state index contributed by atoms with van der Waals surface area (Å²) in [6.45, 7) is 2.88. The molecule has 0 aliphatic rings. The van der Waals surface area contributed by atoms with Gasteiger partial charge in [-0.2, -0.15) is 13.2 Å². The van der Waals surface area contributed by atoms with Gasteiger partial charge < -0.3 is 0 Å². The second-order valence-corrected chi connectivity index (χ2v) is 1.82. The fourth-order valence-electron chi connectivity index (χ4n) is 0.389. The minimum atomic E-state index is -4.08. The van der Waals surface area contributed by atoms with Gasteiger partial charge >= 0.3 is 6.18 Å². The maximum absolute atomic E-state index is 11.4. The Morgan fingerprint density at radius 3 is 2.00 bits per heavy atom. The highest BCUT2D eigenvalue weighted by Crippen LogP contribution is 2.23. The predicted octanol–water partition coefficient (Wildman–Crippen LogP) is 2.71. The van der Waals surface area contributed by atoms with Crippen LogP contribution in [-0.4, -0.2) is 6.18 Å².